The van der Waals surface area contributed by atoms with Gasteiger partial charge in [0.25, 0.3) is 5.91 Å². The molecule has 0 saturated carbocycles. The summed E-state index contributed by atoms with van der Waals surface area (Å²) in [6, 6.07) is 7.41. The normalized spacial score (nSPS) is 16.3. The van der Waals surface area contributed by atoms with Gasteiger partial charge in [0, 0.05) is 19.2 Å². The molecule has 0 aliphatic carbocycles. The Balaban J connectivity index is 2.14. The number of methoxy groups -OCH3 is 1. The first-order chi connectivity index (χ1) is 8.63. The fourth-order valence-corrected chi connectivity index (χ4v) is 2.10. The summed E-state index contributed by atoms with van der Waals surface area (Å²) < 4.78 is 4.86. The number of carbonyl (C=O) groups excluding carboxylic acids is 1. The first kappa shape index (κ1) is 12.6. The highest BCUT2D eigenvalue weighted by atomic mass is 16.5. The van der Waals surface area contributed by atoms with E-state index in [0.29, 0.717) is 12.1 Å². The first-order valence-electron chi connectivity index (χ1n) is 5.76. The molecule has 0 aromatic heterocycles. The molecule has 18 heavy (non-hydrogen) atoms. The van der Waals surface area contributed by atoms with Gasteiger partial charge in [-0.05, 0) is 18.1 Å². The van der Waals surface area contributed by atoms with Crippen molar-refractivity contribution in [2.24, 2.45) is 0 Å². The van der Waals surface area contributed by atoms with Gasteiger partial charge < -0.3 is 14.7 Å². The van der Waals surface area contributed by atoms with Crippen LogP contribution in [0.1, 0.15) is 15.9 Å². The highest BCUT2D eigenvalue weighted by Crippen LogP contribution is 2.18. The van der Waals surface area contributed by atoms with Crippen molar-refractivity contribution >= 4 is 11.9 Å². The quantitative estimate of drug-likeness (QED) is 0.856. The maximum Gasteiger partial charge on any atom is 0.334 e. The minimum absolute atomic E-state index is 0.0823. The van der Waals surface area contributed by atoms with Gasteiger partial charge in [-0.2, -0.15) is 0 Å². The molecule has 1 aliphatic heterocycles. The van der Waals surface area contributed by atoms with Crippen molar-refractivity contribution in [2.45, 2.75) is 12.5 Å². The zero-order valence-corrected chi connectivity index (χ0v) is 10.1. The molecular formula is C13H15NO4. The van der Waals surface area contributed by atoms with Gasteiger partial charge in [-0.3, -0.25) is 4.79 Å². The van der Waals surface area contributed by atoms with Crippen LogP contribution in [0.3, 0.4) is 0 Å². The number of rotatable bonds is 4. The molecule has 1 heterocycles. The highest BCUT2D eigenvalue weighted by Gasteiger charge is 2.28. The molecule has 96 valence electrons. The average Bonchev–Trinajstić information content (AvgIpc) is 2.38. The minimum Gasteiger partial charge on any atom is -0.479 e. The molecule has 5 heteroatoms. The van der Waals surface area contributed by atoms with E-state index in [1.54, 1.807) is 6.07 Å². The number of ether oxygens (including phenoxy) is 1. The number of hydrogen-bond donors (Lipinski definition) is 1. The number of carboxylic acids is 1. The predicted molar refractivity (Wildman–Crippen MR) is 64.5 cm³/mol. The van der Waals surface area contributed by atoms with Crippen LogP contribution < -0.4 is 0 Å². The Morgan fingerprint density at radius 2 is 2.22 bits per heavy atom. The molecule has 0 bridgehead atoms. The molecular weight excluding hydrogens is 234 g/mol. The molecule has 1 aromatic carbocycles. The SMILES string of the molecule is COC(CN1CCc2ccccc2C1=O)C(=O)O. The summed E-state index contributed by atoms with van der Waals surface area (Å²) in [6.45, 7) is 0.613. The Bertz CT molecular complexity index is 472. The number of nitrogens with zero attached hydrogens (tertiary/aromatic N) is 1. The number of amides is 1. The predicted octanol–water partition coefficient (Wildman–Crippen LogP) is 0.784. The summed E-state index contributed by atoms with van der Waals surface area (Å²) in [6.07, 6.45) is -0.225. The van der Waals surface area contributed by atoms with Crippen LogP contribution in [0.5, 0.6) is 0 Å². The topological polar surface area (TPSA) is 66.8 Å². The molecule has 1 unspecified atom stereocenters. The van der Waals surface area contributed by atoms with E-state index in [2.05, 4.69) is 0 Å². The molecule has 1 atom stereocenters. The van der Waals surface area contributed by atoms with Crippen LogP contribution in [0.15, 0.2) is 24.3 Å². The molecule has 1 aliphatic rings. The maximum atomic E-state index is 12.2. The van der Waals surface area contributed by atoms with Gasteiger partial charge >= 0.3 is 5.97 Å². The summed E-state index contributed by atoms with van der Waals surface area (Å²) in [7, 11) is 1.33. The van der Waals surface area contributed by atoms with Crippen molar-refractivity contribution in [3.8, 4) is 0 Å². The lowest BCUT2D eigenvalue weighted by Gasteiger charge is -2.30. The van der Waals surface area contributed by atoms with Crippen molar-refractivity contribution in [1.82, 2.24) is 4.90 Å². The van der Waals surface area contributed by atoms with E-state index in [9.17, 15) is 9.59 Å². The summed E-state index contributed by atoms with van der Waals surface area (Å²) in [5.74, 6) is -1.18. The largest absolute Gasteiger partial charge is 0.479 e. The van der Waals surface area contributed by atoms with Crippen molar-refractivity contribution in [3.63, 3.8) is 0 Å². The van der Waals surface area contributed by atoms with Gasteiger partial charge in [0.2, 0.25) is 0 Å². The van der Waals surface area contributed by atoms with Crippen LogP contribution in [0.25, 0.3) is 0 Å². The summed E-state index contributed by atoms with van der Waals surface area (Å²) in [5.41, 5.74) is 1.67. The molecule has 0 fully saturated rings. The van der Waals surface area contributed by atoms with E-state index < -0.39 is 12.1 Å². The van der Waals surface area contributed by atoms with Gasteiger partial charge in [0.15, 0.2) is 6.10 Å². The average molecular weight is 249 g/mol. The molecule has 0 spiro atoms. The Morgan fingerprint density at radius 1 is 1.50 bits per heavy atom. The van der Waals surface area contributed by atoms with Crippen LogP contribution in [0.2, 0.25) is 0 Å². The molecule has 1 aromatic rings. The van der Waals surface area contributed by atoms with Crippen LogP contribution in [0, 0.1) is 0 Å². The van der Waals surface area contributed by atoms with Crippen LogP contribution in [0.4, 0.5) is 0 Å². The minimum atomic E-state index is -1.05. The standard InChI is InChI=1S/C13H15NO4/c1-18-11(13(16)17)8-14-7-6-9-4-2-3-5-10(9)12(14)15/h2-5,11H,6-8H2,1H3,(H,16,17). The third-order valence-electron chi connectivity index (χ3n) is 3.13. The monoisotopic (exact) mass is 249 g/mol. The molecule has 2 rings (SSSR count). The molecule has 1 N–H and O–H groups in total. The highest BCUT2D eigenvalue weighted by molar-refractivity contribution is 5.97. The fourth-order valence-electron chi connectivity index (χ4n) is 2.10. The van der Waals surface area contributed by atoms with E-state index >= 15 is 0 Å². The fraction of sp³-hybridized carbons (Fsp3) is 0.385. The van der Waals surface area contributed by atoms with Gasteiger partial charge in [0.1, 0.15) is 0 Å². The Kier molecular flexibility index (Phi) is 3.62. The van der Waals surface area contributed by atoms with Crippen molar-refractivity contribution in [3.05, 3.63) is 35.4 Å². The molecule has 5 nitrogen and oxygen atoms in total. The number of carbonyl (C=O) groups is 2. The maximum absolute atomic E-state index is 12.2. The zero-order valence-electron chi connectivity index (χ0n) is 10.1. The van der Waals surface area contributed by atoms with E-state index in [1.165, 1.54) is 12.0 Å². The van der Waals surface area contributed by atoms with Gasteiger partial charge in [0.05, 0.1) is 6.54 Å². The van der Waals surface area contributed by atoms with Crippen molar-refractivity contribution in [1.29, 1.82) is 0 Å². The first-order valence-corrected chi connectivity index (χ1v) is 5.76. The van der Waals surface area contributed by atoms with E-state index in [0.717, 1.165) is 12.0 Å². The second-order valence-corrected chi connectivity index (χ2v) is 4.22. The van der Waals surface area contributed by atoms with Crippen molar-refractivity contribution < 1.29 is 19.4 Å². The van der Waals surface area contributed by atoms with Crippen LogP contribution in [-0.4, -0.2) is 48.2 Å². The van der Waals surface area contributed by atoms with E-state index in [1.807, 2.05) is 18.2 Å². The molecule has 0 saturated heterocycles. The molecule has 0 radical (unpaired) electrons. The number of hydrogen-bond acceptors (Lipinski definition) is 3. The van der Waals surface area contributed by atoms with E-state index in [-0.39, 0.29) is 12.5 Å². The van der Waals surface area contributed by atoms with Crippen LogP contribution in [-0.2, 0) is 16.0 Å². The lowest BCUT2D eigenvalue weighted by atomic mass is 9.99. The summed E-state index contributed by atoms with van der Waals surface area (Å²) in [4.78, 5) is 24.6. The van der Waals surface area contributed by atoms with Crippen molar-refractivity contribution in [2.75, 3.05) is 20.2 Å². The third-order valence-corrected chi connectivity index (χ3v) is 3.13. The Morgan fingerprint density at radius 3 is 2.89 bits per heavy atom. The second kappa shape index (κ2) is 5.18. The lowest BCUT2D eigenvalue weighted by Crippen LogP contribution is -2.44. The van der Waals surface area contributed by atoms with Gasteiger partial charge in [-0.15, -0.1) is 0 Å². The van der Waals surface area contributed by atoms with Gasteiger partial charge in [-0.1, -0.05) is 18.2 Å². The van der Waals surface area contributed by atoms with Gasteiger partial charge in [-0.25, -0.2) is 4.79 Å². The van der Waals surface area contributed by atoms with Crippen LogP contribution >= 0.6 is 0 Å². The lowest BCUT2D eigenvalue weighted by molar-refractivity contribution is -0.149. The number of fused-ring (bicyclic) bond motifs is 1. The van der Waals surface area contributed by atoms with E-state index in [4.69, 9.17) is 9.84 Å². The summed E-state index contributed by atoms with van der Waals surface area (Å²) >= 11 is 0. The molecule has 1 amide bonds. The Labute approximate surface area is 105 Å². The summed E-state index contributed by atoms with van der Waals surface area (Å²) in [5, 5.41) is 8.92. The second-order valence-electron chi connectivity index (χ2n) is 4.22. The smallest absolute Gasteiger partial charge is 0.334 e. The Hall–Kier alpha value is -1.88. The number of carboxylic acid groups (broad SMARTS) is 1. The zero-order chi connectivity index (χ0) is 13.1. The number of aliphatic carboxylic acids is 1. The number of benzene rings is 1. The third kappa shape index (κ3) is 2.36.